The van der Waals surface area contributed by atoms with Gasteiger partial charge in [-0.05, 0) is 24.7 Å². The summed E-state index contributed by atoms with van der Waals surface area (Å²) in [5.41, 5.74) is 0. The number of rotatable bonds is 4. The Bertz CT molecular complexity index is 138. The van der Waals surface area contributed by atoms with Crippen LogP contribution < -0.4 is 5.32 Å². The zero-order chi connectivity index (χ0) is 9.68. The highest BCUT2D eigenvalue weighted by Gasteiger charge is 2.18. The molecule has 13 heavy (non-hydrogen) atoms. The van der Waals surface area contributed by atoms with Crippen molar-refractivity contribution in [2.45, 2.75) is 45.6 Å². The molecule has 0 aromatic carbocycles. The fraction of sp³-hybridized carbons (Fsp3) is 1.00. The minimum atomic E-state index is 0.301. The third kappa shape index (κ3) is 4.10. The first-order valence-electron chi connectivity index (χ1n) is 5.56. The quantitative estimate of drug-likeness (QED) is 0.700. The molecule has 1 saturated carbocycles. The van der Waals surface area contributed by atoms with E-state index in [2.05, 4.69) is 19.2 Å². The average molecular weight is 185 g/mol. The summed E-state index contributed by atoms with van der Waals surface area (Å²) in [5, 5.41) is 12.4. The van der Waals surface area contributed by atoms with Gasteiger partial charge in [-0.15, -0.1) is 0 Å². The summed E-state index contributed by atoms with van der Waals surface area (Å²) in [6.07, 6.45) is 5.40. The Kier molecular flexibility index (Phi) is 4.74. The lowest BCUT2D eigenvalue weighted by Crippen LogP contribution is -2.36. The molecule has 1 aliphatic carbocycles. The number of aliphatic hydroxyl groups is 1. The van der Waals surface area contributed by atoms with E-state index in [1.807, 2.05) is 0 Å². The van der Waals surface area contributed by atoms with Gasteiger partial charge in [0.25, 0.3) is 0 Å². The van der Waals surface area contributed by atoms with E-state index < -0.39 is 0 Å². The molecule has 0 saturated heterocycles. The highest BCUT2D eigenvalue weighted by molar-refractivity contribution is 4.76. The third-order valence-electron chi connectivity index (χ3n) is 3.00. The van der Waals surface area contributed by atoms with Crippen LogP contribution in [-0.4, -0.2) is 24.3 Å². The molecule has 2 nitrogen and oxygen atoms in total. The van der Waals surface area contributed by atoms with Crippen molar-refractivity contribution >= 4 is 0 Å². The van der Waals surface area contributed by atoms with Crippen molar-refractivity contribution < 1.29 is 5.11 Å². The van der Waals surface area contributed by atoms with Crippen LogP contribution in [0.4, 0.5) is 0 Å². The van der Waals surface area contributed by atoms with E-state index in [-0.39, 0.29) is 0 Å². The summed E-state index contributed by atoms with van der Waals surface area (Å²) < 4.78 is 0. The molecule has 0 spiro atoms. The van der Waals surface area contributed by atoms with Gasteiger partial charge in [0, 0.05) is 19.2 Å². The Labute approximate surface area is 81.7 Å². The third-order valence-corrected chi connectivity index (χ3v) is 3.00. The highest BCUT2D eigenvalue weighted by Crippen LogP contribution is 2.23. The summed E-state index contributed by atoms with van der Waals surface area (Å²) in [5.74, 6) is 1.29. The smallest absolute Gasteiger partial charge is 0.0468 e. The molecular weight excluding hydrogens is 162 g/mol. The fourth-order valence-corrected chi connectivity index (χ4v) is 2.05. The number of nitrogens with one attached hydrogen (secondary N) is 1. The van der Waals surface area contributed by atoms with Crippen LogP contribution >= 0.6 is 0 Å². The molecule has 0 aromatic heterocycles. The topological polar surface area (TPSA) is 32.3 Å². The van der Waals surface area contributed by atoms with Gasteiger partial charge in [0.1, 0.15) is 0 Å². The first kappa shape index (κ1) is 11.0. The first-order chi connectivity index (χ1) is 6.22. The van der Waals surface area contributed by atoms with E-state index in [1.54, 1.807) is 0 Å². The van der Waals surface area contributed by atoms with Gasteiger partial charge in [-0.25, -0.2) is 0 Å². The van der Waals surface area contributed by atoms with Gasteiger partial charge in [-0.2, -0.15) is 0 Å². The normalized spacial score (nSPS) is 31.6. The van der Waals surface area contributed by atoms with Crippen LogP contribution in [0.15, 0.2) is 0 Å². The summed E-state index contributed by atoms with van der Waals surface area (Å²) in [6, 6.07) is 0.706. The molecule has 2 heteroatoms. The molecule has 1 fully saturated rings. The number of hydrogen-bond acceptors (Lipinski definition) is 2. The maximum absolute atomic E-state index is 8.88. The zero-order valence-electron chi connectivity index (χ0n) is 8.92. The molecule has 3 unspecified atom stereocenters. The molecule has 0 amide bonds. The lowest BCUT2D eigenvalue weighted by molar-refractivity contribution is 0.219. The van der Waals surface area contributed by atoms with Crippen molar-refractivity contribution in [1.82, 2.24) is 5.32 Å². The van der Waals surface area contributed by atoms with E-state index in [0.717, 1.165) is 12.5 Å². The van der Waals surface area contributed by atoms with Gasteiger partial charge in [0.05, 0.1) is 0 Å². The molecule has 0 radical (unpaired) electrons. The summed E-state index contributed by atoms with van der Waals surface area (Å²) >= 11 is 0. The Morgan fingerprint density at radius 3 is 2.85 bits per heavy atom. The monoisotopic (exact) mass is 185 g/mol. The van der Waals surface area contributed by atoms with E-state index in [4.69, 9.17) is 5.11 Å². The van der Waals surface area contributed by atoms with Crippen LogP contribution in [0.1, 0.15) is 39.5 Å². The molecule has 1 aliphatic rings. The van der Waals surface area contributed by atoms with E-state index in [0.29, 0.717) is 18.6 Å². The zero-order valence-corrected chi connectivity index (χ0v) is 8.92. The van der Waals surface area contributed by atoms with Crippen molar-refractivity contribution in [2.24, 2.45) is 11.8 Å². The van der Waals surface area contributed by atoms with Crippen LogP contribution in [0.2, 0.25) is 0 Å². The Morgan fingerprint density at radius 1 is 1.46 bits per heavy atom. The lowest BCUT2D eigenvalue weighted by atomic mass is 9.87. The summed E-state index contributed by atoms with van der Waals surface area (Å²) in [7, 11) is 0. The highest BCUT2D eigenvalue weighted by atomic mass is 16.3. The largest absolute Gasteiger partial charge is 0.396 e. The standard InChI is InChI=1S/C11H23NO/c1-9-4-3-5-11(6-9)12-7-10(2)8-13/h9-13H,3-8H2,1-2H3. The average Bonchev–Trinajstić information content (AvgIpc) is 2.14. The molecular formula is C11H23NO. The molecule has 1 rings (SSSR count). The van der Waals surface area contributed by atoms with Crippen LogP contribution in [0.3, 0.4) is 0 Å². The Morgan fingerprint density at radius 2 is 2.23 bits per heavy atom. The van der Waals surface area contributed by atoms with E-state index >= 15 is 0 Å². The molecule has 0 aromatic rings. The molecule has 78 valence electrons. The van der Waals surface area contributed by atoms with Gasteiger partial charge in [0.2, 0.25) is 0 Å². The second-order valence-corrected chi connectivity index (χ2v) is 4.66. The summed E-state index contributed by atoms with van der Waals surface area (Å²) in [4.78, 5) is 0. The van der Waals surface area contributed by atoms with Crippen molar-refractivity contribution in [2.75, 3.05) is 13.2 Å². The first-order valence-corrected chi connectivity index (χ1v) is 5.56. The van der Waals surface area contributed by atoms with Crippen molar-refractivity contribution in [1.29, 1.82) is 0 Å². The number of hydrogen-bond donors (Lipinski definition) is 2. The van der Waals surface area contributed by atoms with Crippen molar-refractivity contribution in [3.8, 4) is 0 Å². The minimum absolute atomic E-state index is 0.301. The van der Waals surface area contributed by atoms with Gasteiger partial charge < -0.3 is 10.4 Å². The number of aliphatic hydroxyl groups excluding tert-OH is 1. The van der Waals surface area contributed by atoms with E-state index in [1.165, 1.54) is 25.7 Å². The maximum Gasteiger partial charge on any atom is 0.0468 e. The molecule has 2 N–H and O–H groups in total. The SMILES string of the molecule is CC(CO)CNC1CCCC(C)C1. The van der Waals surface area contributed by atoms with Crippen LogP contribution in [0, 0.1) is 11.8 Å². The predicted octanol–water partition coefficient (Wildman–Crippen LogP) is 1.78. The fourth-order valence-electron chi connectivity index (χ4n) is 2.05. The van der Waals surface area contributed by atoms with Crippen molar-refractivity contribution in [3.63, 3.8) is 0 Å². The van der Waals surface area contributed by atoms with Gasteiger partial charge in [0.15, 0.2) is 0 Å². The minimum Gasteiger partial charge on any atom is -0.396 e. The second-order valence-electron chi connectivity index (χ2n) is 4.66. The van der Waals surface area contributed by atoms with Gasteiger partial charge >= 0.3 is 0 Å². The molecule has 0 bridgehead atoms. The second kappa shape index (κ2) is 5.61. The summed E-state index contributed by atoms with van der Waals surface area (Å²) in [6.45, 7) is 5.69. The molecule has 0 heterocycles. The van der Waals surface area contributed by atoms with Crippen LogP contribution in [0.25, 0.3) is 0 Å². The maximum atomic E-state index is 8.88. The van der Waals surface area contributed by atoms with Crippen LogP contribution in [0.5, 0.6) is 0 Å². The van der Waals surface area contributed by atoms with Crippen LogP contribution in [-0.2, 0) is 0 Å². The van der Waals surface area contributed by atoms with E-state index in [9.17, 15) is 0 Å². The molecule has 0 aliphatic heterocycles. The van der Waals surface area contributed by atoms with Gasteiger partial charge in [-0.1, -0.05) is 26.7 Å². The predicted molar refractivity (Wildman–Crippen MR) is 55.7 cm³/mol. The van der Waals surface area contributed by atoms with Crippen molar-refractivity contribution in [3.05, 3.63) is 0 Å². The van der Waals surface area contributed by atoms with Gasteiger partial charge in [-0.3, -0.25) is 0 Å². The Hall–Kier alpha value is -0.0800. The lowest BCUT2D eigenvalue weighted by Gasteiger charge is -2.28. The molecule has 3 atom stereocenters. The Balaban J connectivity index is 2.13.